The van der Waals surface area contributed by atoms with Gasteiger partial charge in [-0.05, 0) is 38.0 Å². The maximum absolute atomic E-state index is 12.2. The fraction of sp³-hybridized carbons (Fsp3) is 0.286. The molecule has 142 valence electrons. The molecular formula is C21H23NO5. The molecule has 2 aromatic carbocycles. The van der Waals surface area contributed by atoms with Gasteiger partial charge in [0.2, 0.25) is 0 Å². The van der Waals surface area contributed by atoms with Gasteiger partial charge in [-0.3, -0.25) is 9.59 Å². The van der Waals surface area contributed by atoms with Crippen molar-refractivity contribution in [2.75, 3.05) is 13.2 Å². The topological polar surface area (TPSA) is 81.7 Å². The van der Waals surface area contributed by atoms with Crippen LogP contribution in [0, 0.1) is 0 Å². The average Bonchev–Trinajstić information content (AvgIpc) is 2.67. The van der Waals surface area contributed by atoms with Crippen molar-refractivity contribution in [2.24, 2.45) is 0 Å². The Balaban J connectivity index is 1.92. The van der Waals surface area contributed by atoms with Gasteiger partial charge < -0.3 is 14.8 Å². The average molecular weight is 369 g/mol. The van der Waals surface area contributed by atoms with E-state index in [-0.39, 0.29) is 11.3 Å². The summed E-state index contributed by atoms with van der Waals surface area (Å²) in [4.78, 5) is 36.1. The van der Waals surface area contributed by atoms with E-state index >= 15 is 0 Å². The summed E-state index contributed by atoms with van der Waals surface area (Å²) in [6.45, 7) is 3.16. The van der Waals surface area contributed by atoms with E-state index < -0.39 is 24.5 Å². The molecule has 0 aliphatic rings. The molecule has 0 aliphatic carbocycles. The van der Waals surface area contributed by atoms with E-state index in [1.54, 1.807) is 24.3 Å². The first kappa shape index (κ1) is 20.2. The number of amides is 1. The van der Waals surface area contributed by atoms with Gasteiger partial charge in [-0.2, -0.15) is 0 Å². The minimum Gasteiger partial charge on any atom is -0.493 e. The maximum Gasteiger partial charge on any atom is 0.342 e. The Hall–Kier alpha value is -3.15. The molecule has 0 saturated heterocycles. The van der Waals surface area contributed by atoms with Crippen molar-refractivity contribution in [1.29, 1.82) is 0 Å². The van der Waals surface area contributed by atoms with Crippen molar-refractivity contribution in [3.8, 4) is 5.75 Å². The van der Waals surface area contributed by atoms with Crippen LogP contribution in [0.3, 0.4) is 0 Å². The summed E-state index contributed by atoms with van der Waals surface area (Å²) in [5.74, 6) is -0.957. The minimum absolute atomic E-state index is 0.166. The van der Waals surface area contributed by atoms with Gasteiger partial charge in [0.1, 0.15) is 11.3 Å². The number of carbonyl (C=O) groups is 3. The van der Waals surface area contributed by atoms with Crippen molar-refractivity contribution in [2.45, 2.75) is 26.3 Å². The molecular weight excluding hydrogens is 346 g/mol. The van der Waals surface area contributed by atoms with Crippen molar-refractivity contribution < 1.29 is 23.9 Å². The SMILES string of the molecule is CCOc1ccccc1C(=O)OCC(=O)N[C@H](Cc1ccccc1)C(C)=O. The van der Waals surface area contributed by atoms with E-state index in [1.165, 1.54) is 6.92 Å². The zero-order chi connectivity index (χ0) is 19.6. The minimum atomic E-state index is -0.672. The van der Waals surface area contributed by atoms with Crippen molar-refractivity contribution in [3.63, 3.8) is 0 Å². The zero-order valence-electron chi connectivity index (χ0n) is 15.4. The highest BCUT2D eigenvalue weighted by Gasteiger charge is 2.20. The molecule has 2 rings (SSSR count). The van der Waals surface area contributed by atoms with Crippen molar-refractivity contribution in [1.82, 2.24) is 5.32 Å². The van der Waals surface area contributed by atoms with Gasteiger partial charge in [-0.15, -0.1) is 0 Å². The van der Waals surface area contributed by atoms with Crippen LogP contribution in [0.25, 0.3) is 0 Å². The highest BCUT2D eigenvalue weighted by Crippen LogP contribution is 2.18. The summed E-state index contributed by atoms with van der Waals surface area (Å²) >= 11 is 0. The van der Waals surface area contributed by atoms with Crippen LogP contribution in [-0.2, 0) is 20.7 Å². The molecule has 1 amide bonds. The lowest BCUT2D eigenvalue weighted by Crippen LogP contribution is -2.43. The molecule has 27 heavy (non-hydrogen) atoms. The van der Waals surface area contributed by atoms with Gasteiger partial charge in [-0.1, -0.05) is 42.5 Å². The third-order valence-electron chi connectivity index (χ3n) is 3.85. The first-order valence-electron chi connectivity index (χ1n) is 8.74. The third kappa shape index (κ3) is 6.26. The van der Waals surface area contributed by atoms with E-state index in [9.17, 15) is 14.4 Å². The monoisotopic (exact) mass is 369 g/mol. The normalized spacial score (nSPS) is 11.3. The molecule has 0 heterocycles. The highest BCUT2D eigenvalue weighted by molar-refractivity contribution is 5.94. The van der Waals surface area contributed by atoms with Crippen LogP contribution < -0.4 is 10.1 Å². The van der Waals surface area contributed by atoms with Crippen LogP contribution in [0.15, 0.2) is 54.6 Å². The largest absolute Gasteiger partial charge is 0.493 e. The van der Waals surface area contributed by atoms with E-state index in [4.69, 9.17) is 9.47 Å². The molecule has 0 fully saturated rings. The Morgan fingerprint density at radius 3 is 2.33 bits per heavy atom. The summed E-state index contributed by atoms with van der Waals surface area (Å²) in [6.07, 6.45) is 0.378. The van der Waals surface area contributed by atoms with Gasteiger partial charge in [0, 0.05) is 0 Å². The van der Waals surface area contributed by atoms with Gasteiger partial charge >= 0.3 is 5.97 Å². The standard InChI is InChI=1S/C21H23NO5/c1-3-26-19-12-8-7-11-17(19)21(25)27-14-20(24)22-18(15(2)23)13-16-9-5-4-6-10-16/h4-12,18H,3,13-14H2,1-2H3,(H,22,24)/t18-/m1/s1. The Morgan fingerprint density at radius 1 is 1.00 bits per heavy atom. The molecule has 0 spiro atoms. The third-order valence-corrected chi connectivity index (χ3v) is 3.85. The lowest BCUT2D eigenvalue weighted by Gasteiger charge is -2.16. The van der Waals surface area contributed by atoms with Crippen LogP contribution in [0.1, 0.15) is 29.8 Å². The Bertz CT molecular complexity index is 788. The Kier molecular flexibility index (Phi) is 7.55. The number of nitrogens with one attached hydrogen (secondary N) is 1. The highest BCUT2D eigenvalue weighted by atomic mass is 16.5. The Labute approximate surface area is 158 Å². The van der Waals surface area contributed by atoms with Gasteiger partial charge in [0.25, 0.3) is 5.91 Å². The second-order valence-corrected chi connectivity index (χ2v) is 5.93. The van der Waals surface area contributed by atoms with Gasteiger partial charge in [-0.25, -0.2) is 4.79 Å². The quantitative estimate of drug-likeness (QED) is 0.687. The van der Waals surface area contributed by atoms with Crippen LogP contribution in [0.2, 0.25) is 0 Å². The summed E-state index contributed by atoms with van der Waals surface area (Å²) in [5.41, 5.74) is 1.18. The number of hydrogen-bond acceptors (Lipinski definition) is 5. The molecule has 1 N–H and O–H groups in total. The number of Topliss-reactive ketones (excluding diaryl/α,β-unsaturated/α-hetero) is 1. The van der Waals surface area contributed by atoms with E-state index in [0.717, 1.165) is 5.56 Å². The summed E-state index contributed by atoms with van der Waals surface area (Å²) in [6, 6.07) is 15.4. The number of benzene rings is 2. The number of hydrogen-bond donors (Lipinski definition) is 1. The number of ether oxygens (including phenoxy) is 2. The van der Waals surface area contributed by atoms with Gasteiger partial charge in [0.15, 0.2) is 12.4 Å². The number of carbonyl (C=O) groups excluding carboxylic acids is 3. The van der Waals surface area contributed by atoms with E-state index in [1.807, 2.05) is 37.3 Å². The molecule has 0 saturated carbocycles. The van der Waals surface area contributed by atoms with Crippen molar-refractivity contribution in [3.05, 3.63) is 65.7 Å². The lowest BCUT2D eigenvalue weighted by atomic mass is 10.0. The summed E-state index contributed by atoms with van der Waals surface area (Å²) < 4.78 is 10.4. The second-order valence-electron chi connectivity index (χ2n) is 5.93. The fourth-order valence-electron chi connectivity index (χ4n) is 2.51. The zero-order valence-corrected chi connectivity index (χ0v) is 15.4. The molecule has 1 atom stereocenters. The first-order chi connectivity index (χ1) is 13.0. The number of rotatable bonds is 9. The lowest BCUT2D eigenvalue weighted by molar-refractivity contribution is -0.128. The molecule has 0 bridgehead atoms. The maximum atomic E-state index is 12.2. The molecule has 0 aromatic heterocycles. The number of esters is 1. The summed E-state index contributed by atoms with van der Waals surface area (Å²) in [7, 11) is 0. The van der Waals surface area contributed by atoms with E-state index in [0.29, 0.717) is 18.8 Å². The second kappa shape index (κ2) is 10.1. The van der Waals surface area contributed by atoms with Crippen LogP contribution >= 0.6 is 0 Å². The molecule has 6 heteroatoms. The Morgan fingerprint density at radius 2 is 1.67 bits per heavy atom. The fourth-order valence-corrected chi connectivity index (χ4v) is 2.51. The predicted molar refractivity (Wildman–Crippen MR) is 101 cm³/mol. The molecule has 0 aliphatic heterocycles. The van der Waals surface area contributed by atoms with Crippen LogP contribution in [-0.4, -0.2) is 36.9 Å². The summed E-state index contributed by atoms with van der Waals surface area (Å²) in [5, 5.41) is 2.61. The molecule has 2 aromatic rings. The van der Waals surface area contributed by atoms with Crippen LogP contribution in [0.4, 0.5) is 0 Å². The first-order valence-corrected chi connectivity index (χ1v) is 8.74. The molecule has 0 unspecified atom stereocenters. The molecule has 0 radical (unpaired) electrons. The number of para-hydroxylation sites is 1. The smallest absolute Gasteiger partial charge is 0.342 e. The van der Waals surface area contributed by atoms with Crippen LogP contribution in [0.5, 0.6) is 5.75 Å². The predicted octanol–water partition coefficient (Wildman–Crippen LogP) is 2.56. The van der Waals surface area contributed by atoms with Crippen molar-refractivity contribution >= 4 is 17.7 Å². The number of ketones is 1. The van der Waals surface area contributed by atoms with E-state index in [2.05, 4.69) is 5.32 Å². The molecule has 6 nitrogen and oxygen atoms in total. The van der Waals surface area contributed by atoms with Gasteiger partial charge in [0.05, 0.1) is 12.6 Å².